The van der Waals surface area contributed by atoms with Crippen molar-refractivity contribution < 1.29 is 8.42 Å². The van der Waals surface area contributed by atoms with Crippen LogP contribution in [0, 0.1) is 0 Å². The summed E-state index contributed by atoms with van der Waals surface area (Å²) in [5.74, 6) is 0. The zero-order chi connectivity index (χ0) is 11.1. The molecule has 1 aromatic rings. The summed E-state index contributed by atoms with van der Waals surface area (Å²) in [6.45, 7) is 0. The topological polar surface area (TPSA) is 86.2 Å². The molecule has 0 amide bonds. The van der Waals surface area contributed by atoms with E-state index in [0.29, 0.717) is 11.3 Å². The average Bonchev–Trinajstić information content (AvgIpc) is 2.41. The normalized spacial score (nSPS) is 18.4. The second-order valence-electron chi connectivity index (χ2n) is 3.32. The SMILES string of the molecule is NC1=CS(=O)(=O)C=C1c1ccc(N)cc1. The minimum atomic E-state index is -3.28. The molecule has 0 unspecified atom stereocenters. The molecule has 1 heterocycles. The molecule has 15 heavy (non-hydrogen) atoms. The van der Waals surface area contributed by atoms with E-state index in [9.17, 15) is 8.42 Å². The summed E-state index contributed by atoms with van der Waals surface area (Å²) in [4.78, 5) is 0. The molecular formula is C10H10N2O2S. The fourth-order valence-electron chi connectivity index (χ4n) is 1.40. The third-order valence-corrected chi connectivity index (χ3v) is 3.25. The van der Waals surface area contributed by atoms with Gasteiger partial charge in [0.25, 0.3) is 0 Å². The highest BCUT2D eigenvalue weighted by atomic mass is 32.2. The lowest BCUT2D eigenvalue weighted by molar-refractivity contribution is 0.613. The van der Waals surface area contributed by atoms with E-state index in [1.165, 1.54) is 0 Å². The van der Waals surface area contributed by atoms with Gasteiger partial charge in [-0.3, -0.25) is 0 Å². The molecule has 4 nitrogen and oxygen atoms in total. The van der Waals surface area contributed by atoms with Crippen molar-refractivity contribution in [3.05, 3.63) is 46.3 Å². The van der Waals surface area contributed by atoms with Crippen molar-refractivity contribution in [2.45, 2.75) is 0 Å². The first-order valence-corrected chi connectivity index (χ1v) is 5.89. The predicted octanol–water partition coefficient (Wildman–Crippen LogP) is 0.838. The van der Waals surface area contributed by atoms with Gasteiger partial charge in [-0.25, -0.2) is 8.42 Å². The van der Waals surface area contributed by atoms with Gasteiger partial charge in [0.15, 0.2) is 9.84 Å². The van der Waals surface area contributed by atoms with Crippen LogP contribution >= 0.6 is 0 Å². The third-order valence-electron chi connectivity index (χ3n) is 2.11. The molecule has 1 aromatic carbocycles. The van der Waals surface area contributed by atoms with Gasteiger partial charge in [0.05, 0.1) is 11.1 Å². The summed E-state index contributed by atoms with van der Waals surface area (Å²) in [5, 5.41) is 2.21. The second-order valence-corrected chi connectivity index (χ2v) is 4.97. The summed E-state index contributed by atoms with van der Waals surface area (Å²) >= 11 is 0. The van der Waals surface area contributed by atoms with E-state index in [1.54, 1.807) is 24.3 Å². The molecule has 0 atom stereocenters. The highest BCUT2D eigenvalue weighted by molar-refractivity contribution is 7.97. The Bertz CT molecular complexity index is 554. The van der Waals surface area contributed by atoms with Crippen LogP contribution in [-0.4, -0.2) is 8.42 Å². The Morgan fingerprint density at radius 2 is 1.53 bits per heavy atom. The van der Waals surface area contributed by atoms with Gasteiger partial charge in [0, 0.05) is 16.7 Å². The van der Waals surface area contributed by atoms with Crippen molar-refractivity contribution in [2.24, 2.45) is 5.73 Å². The molecule has 0 fully saturated rings. The molecule has 4 N–H and O–H groups in total. The van der Waals surface area contributed by atoms with Crippen molar-refractivity contribution in [3.63, 3.8) is 0 Å². The fourth-order valence-corrected chi connectivity index (χ4v) is 2.55. The quantitative estimate of drug-likeness (QED) is 0.689. The average molecular weight is 222 g/mol. The molecule has 0 spiro atoms. The van der Waals surface area contributed by atoms with E-state index in [4.69, 9.17) is 11.5 Å². The molecule has 0 saturated carbocycles. The van der Waals surface area contributed by atoms with Crippen LogP contribution in [0.5, 0.6) is 0 Å². The summed E-state index contributed by atoms with van der Waals surface area (Å²) in [6, 6.07) is 6.88. The zero-order valence-corrected chi connectivity index (χ0v) is 8.66. The molecule has 0 radical (unpaired) electrons. The molecule has 78 valence electrons. The second kappa shape index (κ2) is 3.13. The fraction of sp³-hybridized carbons (Fsp3) is 0. The van der Waals surface area contributed by atoms with Crippen molar-refractivity contribution in [1.82, 2.24) is 0 Å². The lowest BCUT2D eigenvalue weighted by atomic mass is 10.1. The largest absolute Gasteiger partial charge is 0.399 e. The van der Waals surface area contributed by atoms with Gasteiger partial charge >= 0.3 is 0 Å². The Hall–Kier alpha value is -1.75. The standard InChI is InChI=1S/C10H10N2O2S/c11-8-3-1-7(2-4-8)9-5-15(13,14)6-10(9)12/h1-6H,11-12H2. The van der Waals surface area contributed by atoms with Gasteiger partial charge in [0.1, 0.15) is 0 Å². The molecule has 2 rings (SSSR count). The summed E-state index contributed by atoms with van der Waals surface area (Å²) < 4.78 is 22.5. The van der Waals surface area contributed by atoms with Crippen LogP contribution in [0.4, 0.5) is 5.69 Å². The molecule has 0 aliphatic carbocycles. The number of allylic oxidation sites excluding steroid dienone is 1. The maximum Gasteiger partial charge on any atom is 0.195 e. The predicted molar refractivity (Wildman–Crippen MR) is 60.0 cm³/mol. The molecule has 1 aliphatic rings. The van der Waals surface area contributed by atoms with E-state index in [2.05, 4.69) is 0 Å². The summed E-state index contributed by atoms with van der Waals surface area (Å²) in [7, 11) is -3.28. The monoisotopic (exact) mass is 222 g/mol. The Morgan fingerprint density at radius 3 is 2.00 bits per heavy atom. The number of anilines is 1. The first-order chi connectivity index (χ1) is 6.98. The van der Waals surface area contributed by atoms with Crippen molar-refractivity contribution >= 4 is 21.1 Å². The van der Waals surface area contributed by atoms with Crippen LogP contribution in [0.2, 0.25) is 0 Å². The van der Waals surface area contributed by atoms with Crippen molar-refractivity contribution in [3.8, 4) is 0 Å². The van der Waals surface area contributed by atoms with E-state index in [1.807, 2.05) is 0 Å². The van der Waals surface area contributed by atoms with Gasteiger partial charge in [-0.05, 0) is 17.7 Å². The molecule has 0 saturated heterocycles. The van der Waals surface area contributed by atoms with Crippen molar-refractivity contribution in [1.29, 1.82) is 0 Å². The number of nitrogens with two attached hydrogens (primary N) is 2. The number of sulfone groups is 1. The first kappa shape index (κ1) is 9.79. The van der Waals surface area contributed by atoms with Gasteiger partial charge < -0.3 is 11.5 Å². The molecule has 0 bridgehead atoms. The minimum Gasteiger partial charge on any atom is -0.399 e. The smallest absolute Gasteiger partial charge is 0.195 e. The lowest BCUT2D eigenvalue weighted by Crippen LogP contribution is -1.97. The molecule has 5 heteroatoms. The van der Waals surface area contributed by atoms with Crippen LogP contribution < -0.4 is 11.5 Å². The maximum atomic E-state index is 11.2. The number of nitrogen functional groups attached to an aromatic ring is 1. The highest BCUT2D eigenvalue weighted by Crippen LogP contribution is 2.27. The van der Waals surface area contributed by atoms with Gasteiger partial charge in [-0.15, -0.1) is 0 Å². The third kappa shape index (κ3) is 1.87. The Balaban J connectivity index is 2.51. The maximum absolute atomic E-state index is 11.2. The van der Waals surface area contributed by atoms with Crippen LogP contribution in [0.3, 0.4) is 0 Å². The van der Waals surface area contributed by atoms with Gasteiger partial charge in [0.2, 0.25) is 0 Å². The summed E-state index contributed by atoms with van der Waals surface area (Å²) in [6.07, 6.45) is 0. The number of hydrogen-bond donors (Lipinski definition) is 2. The molecule has 1 aliphatic heterocycles. The van der Waals surface area contributed by atoms with Crippen LogP contribution in [0.15, 0.2) is 40.8 Å². The van der Waals surface area contributed by atoms with Gasteiger partial charge in [-0.2, -0.15) is 0 Å². The number of benzene rings is 1. The molecule has 0 aromatic heterocycles. The summed E-state index contributed by atoms with van der Waals surface area (Å²) in [5.41, 5.74) is 13.3. The number of rotatable bonds is 1. The van der Waals surface area contributed by atoms with E-state index >= 15 is 0 Å². The van der Waals surface area contributed by atoms with Gasteiger partial charge in [-0.1, -0.05) is 12.1 Å². The highest BCUT2D eigenvalue weighted by Gasteiger charge is 2.18. The zero-order valence-electron chi connectivity index (χ0n) is 7.84. The molecular weight excluding hydrogens is 212 g/mol. The Kier molecular flexibility index (Phi) is 2.04. The van der Waals surface area contributed by atoms with E-state index < -0.39 is 9.84 Å². The van der Waals surface area contributed by atoms with E-state index in [0.717, 1.165) is 16.4 Å². The Morgan fingerprint density at radius 1 is 0.933 bits per heavy atom. The lowest BCUT2D eigenvalue weighted by Gasteiger charge is -2.03. The van der Waals surface area contributed by atoms with Crippen LogP contribution in [-0.2, 0) is 9.84 Å². The van der Waals surface area contributed by atoms with E-state index in [-0.39, 0.29) is 5.70 Å². The van der Waals surface area contributed by atoms with Crippen molar-refractivity contribution in [2.75, 3.05) is 5.73 Å². The van der Waals surface area contributed by atoms with Crippen LogP contribution in [0.1, 0.15) is 5.56 Å². The first-order valence-electron chi connectivity index (χ1n) is 4.28. The Labute approximate surface area is 87.8 Å². The number of hydrogen-bond acceptors (Lipinski definition) is 4. The van der Waals surface area contributed by atoms with Crippen LogP contribution in [0.25, 0.3) is 5.57 Å². The minimum absolute atomic E-state index is 0.264.